The van der Waals surface area contributed by atoms with Crippen LogP contribution >= 0.6 is 22.6 Å². The van der Waals surface area contributed by atoms with Crippen LogP contribution in [0.4, 0.5) is 5.69 Å². The van der Waals surface area contributed by atoms with E-state index in [9.17, 15) is 0 Å². The van der Waals surface area contributed by atoms with Crippen LogP contribution in [-0.4, -0.2) is 6.61 Å². The Morgan fingerprint density at radius 1 is 1.11 bits per heavy atom. The zero-order chi connectivity index (χ0) is 13.7. The van der Waals surface area contributed by atoms with Gasteiger partial charge in [0.1, 0.15) is 5.75 Å². The Morgan fingerprint density at radius 2 is 1.84 bits per heavy atom. The van der Waals surface area contributed by atoms with Crippen molar-refractivity contribution in [2.75, 3.05) is 11.9 Å². The number of nitrogens with one attached hydrogen (secondary N) is 1. The van der Waals surface area contributed by atoms with Crippen molar-refractivity contribution in [2.45, 2.75) is 20.4 Å². The lowest BCUT2D eigenvalue weighted by Gasteiger charge is -2.09. The van der Waals surface area contributed by atoms with Crippen LogP contribution < -0.4 is 10.1 Å². The summed E-state index contributed by atoms with van der Waals surface area (Å²) in [5.41, 5.74) is 3.72. The molecular weight excluding hydrogens is 349 g/mol. The number of hydrogen-bond acceptors (Lipinski definition) is 2. The number of rotatable bonds is 5. The first-order valence-electron chi connectivity index (χ1n) is 6.41. The van der Waals surface area contributed by atoms with E-state index in [1.54, 1.807) is 0 Å². The summed E-state index contributed by atoms with van der Waals surface area (Å²) < 4.78 is 6.72. The van der Waals surface area contributed by atoms with Gasteiger partial charge in [0.15, 0.2) is 0 Å². The molecule has 0 aliphatic rings. The van der Waals surface area contributed by atoms with Gasteiger partial charge in [0, 0.05) is 15.8 Å². The highest BCUT2D eigenvalue weighted by atomic mass is 127. The Kier molecular flexibility index (Phi) is 5.07. The van der Waals surface area contributed by atoms with E-state index in [4.69, 9.17) is 4.74 Å². The van der Waals surface area contributed by atoms with Crippen LogP contribution in [0.25, 0.3) is 0 Å². The minimum atomic E-state index is 0.708. The lowest BCUT2D eigenvalue weighted by atomic mass is 10.2. The quantitative estimate of drug-likeness (QED) is 0.780. The molecule has 2 aromatic rings. The second-order valence-electron chi connectivity index (χ2n) is 4.39. The molecular formula is C16H18INO. The van der Waals surface area contributed by atoms with E-state index in [2.05, 4.69) is 65.2 Å². The summed E-state index contributed by atoms with van der Waals surface area (Å²) in [7, 11) is 0. The Labute approximate surface area is 128 Å². The molecule has 2 aromatic carbocycles. The van der Waals surface area contributed by atoms with Gasteiger partial charge in [-0.05, 0) is 71.8 Å². The van der Waals surface area contributed by atoms with Crippen molar-refractivity contribution in [3.63, 3.8) is 0 Å². The lowest BCUT2D eigenvalue weighted by Crippen LogP contribution is -2.00. The van der Waals surface area contributed by atoms with Crippen molar-refractivity contribution in [1.29, 1.82) is 0 Å². The smallest absolute Gasteiger partial charge is 0.119 e. The summed E-state index contributed by atoms with van der Waals surface area (Å²) >= 11 is 2.36. The number of benzene rings is 2. The van der Waals surface area contributed by atoms with Gasteiger partial charge in [0.2, 0.25) is 0 Å². The van der Waals surface area contributed by atoms with Crippen molar-refractivity contribution >= 4 is 28.3 Å². The first-order valence-corrected chi connectivity index (χ1v) is 7.48. The first-order chi connectivity index (χ1) is 9.19. The van der Waals surface area contributed by atoms with Crippen molar-refractivity contribution in [1.82, 2.24) is 0 Å². The van der Waals surface area contributed by atoms with Gasteiger partial charge in [-0.15, -0.1) is 0 Å². The second-order valence-corrected chi connectivity index (χ2v) is 5.56. The fourth-order valence-corrected chi connectivity index (χ4v) is 2.29. The van der Waals surface area contributed by atoms with E-state index in [1.165, 1.54) is 14.7 Å². The molecule has 2 rings (SSSR count). The fourth-order valence-electron chi connectivity index (χ4n) is 1.78. The number of aryl methyl sites for hydroxylation is 1. The van der Waals surface area contributed by atoms with Gasteiger partial charge >= 0.3 is 0 Å². The third-order valence-corrected chi connectivity index (χ3v) is 4.07. The van der Waals surface area contributed by atoms with Gasteiger partial charge in [0.05, 0.1) is 6.61 Å². The maximum atomic E-state index is 5.43. The van der Waals surface area contributed by atoms with E-state index in [0.717, 1.165) is 18.0 Å². The van der Waals surface area contributed by atoms with Crippen LogP contribution in [-0.2, 0) is 6.54 Å². The molecule has 0 saturated heterocycles. The predicted octanol–water partition coefficient (Wildman–Crippen LogP) is 4.61. The minimum absolute atomic E-state index is 0.708. The standard InChI is InChI=1S/C16H18INO/c1-3-19-15-8-5-13(6-9-15)11-18-14-7-4-12(2)16(17)10-14/h4-10,18H,3,11H2,1-2H3. The average Bonchev–Trinajstić information content (AvgIpc) is 2.42. The molecule has 2 nitrogen and oxygen atoms in total. The maximum absolute atomic E-state index is 5.43. The van der Waals surface area contributed by atoms with Crippen molar-refractivity contribution in [3.05, 3.63) is 57.2 Å². The molecule has 3 heteroatoms. The molecule has 1 N–H and O–H groups in total. The van der Waals surface area contributed by atoms with E-state index in [-0.39, 0.29) is 0 Å². The zero-order valence-electron chi connectivity index (χ0n) is 11.2. The van der Waals surface area contributed by atoms with Gasteiger partial charge in [-0.2, -0.15) is 0 Å². The summed E-state index contributed by atoms with van der Waals surface area (Å²) in [6, 6.07) is 14.6. The van der Waals surface area contributed by atoms with Crippen LogP contribution in [0.15, 0.2) is 42.5 Å². The zero-order valence-corrected chi connectivity index (χ0v) is 13.4. The highest BCUT2D eigenvalue weighted by Crippen LogP contribution is 2.18. The van der Waals surface area contributed by atoms with Crippen molar-refractivity contribution < 1.29 is 4.74 Å². The molecule has 0 atom stereocenters. The molecule has 0 radical (unpaired) electrons. The Morgan fingerprint density at radius 3 is 2.47 bits per heavy atom. The summed E-state index contributed by atoms with van der Waals surface area (Å²) in [4.78, 5) is 0. The summed E-state index contributed by atoms with van der Waals surface area (Å²) in [5, 5.41) is 3.43. The van der Waals surface area contributed by atoms with Gasteiger partial charge in [-0.25, -0.2) is 0 Å². The Hall–Kier alpha value is -1.23. The molecule has 19 heavy (non-hydrogen) atoms. The largest absolute Gasteiger partial charge is 0.494 e. The molecule has 100 valence electrons. The first kappa shape index (κ1) is 14.2. The highest BCUT2D eigenvalue weighted by Gasteiger charge is 1.98. The molecule has 0 heterocycles. The Bertz CT molecular complexity index is 537. The molecule has 0 bridgehead atoms. The van der Waals surface area contributed by atoms with Gasteiger partial charge in [-0.1, -0.05) is 18.2 Å². The van der Waals surface area contributed by atoms with Crippen molar-refractivity contribution in [2.24, 2.45) is 0 Å². The van der Waals surface area contributed by atoms with Crippen molar-refractivity contribution in [3.8, 4) is 5.75 Å². The van der Waals surface area contributed by atoms with E-state index < -0.39 is 0 Å². The summed E-state index contributed by atoms with van der Waals surface area (Å²) in [5.74, 6) is 0.927. The number of anilines is 1. The molecule has 0 unspecified atom stereocenters. The Balaban J connectivity index is 1.96. The third kappa shape index (κ3) is 4.13. The van der Waals surface area contributed by atoms with Crippen LogP contribution in [0.2, 0.25) is 0 Å². The molecule has 0 amide bonds. The molecule has 0 spiro atoms. The molecule has 0 aliphatic carbocycles. The van der Waals surface area contributed by atoms with Crippen LogP contribution in [0.1, 0.15) is 18.1 Å². The maximum Gasteiger partial charge on any atom is 0.119 e. The van der Waals surface area contributed by atoms with Gasteiger partial charge < -0.3 is 10.1 Å². The average molecular weight is 367 g/mol. The topological polar surface area (TPSA) is 21.3 Å². The monoisotopic (exact) mass is 367 g/mol. The van der Waals surface area contributed by atoms with Gasteiger partial charge in [0.25, 0.3) is 0 Å². The van der Waals surface area contributed by atoms with Crippen LogP contribution in [0.3, 0.4) is 0 Å². The molecule has 0 saturated carbocycles. The normalized spacial score (nSPS) is 10.3. The molecule has 0 aromatic heterocycles. The summed E-state index contributed by atoms with van der Waals surface area (Å²) in [6.07, 6.45) is 0. The van der Waals surface area contributed by atoms with E-state index in [0.29, 0.717) is 6.61 Å². The predicted molar refractivity (Wildman–Crippen MR) is 88.8 cm³/mol. The third-order valence-electron chi connectivity index (χ3n) is 2.90. The molecule has 0 aliphatic heterocycles. The summed E-state index contributed by atoms with van der Waals surface area (Å²) in [6.45, 7) is 5.65. The molecule has 0 fully saturated rings. The second kappa shape index (κ2) is 6.80. The number of halogens is 1. The lowest BCUT2D eigenvalue weighted by molar-refractivity contribution is 0.340. The fraction of sp³-hybridized carbons (Fsp3) is 0.250. The highest BCUT2D eigenvalue weighted by molar-refractivity contribution is 14.1. The number of ether oxygens (including phenoxy) is 1. The van der Waals surface area contributed by atoms with E-state index >= 15 is 0 Å². The van der Waals surface area contributed by atoms with Gasteiger partial charge in [-0.3, -0.25) is 0 Å². The number of hydrogen-bond donors (Lipinski definition) is 1. The minimum Gasteiger partial charge on any atom is -0.494 e. The van der Waals surface area contributed by atoms with Crippen LogP contribution in [0, 0.1) is 10.5 Å². The van der Waals surface area contributed by atoms with E-state index in [1.807, 2.05) is 19.1 Å². The SMILES string of the molecule is CCOc1ccc(CNc2ccc(C)c(I)c2)cc1. The van der Waals surface area contributed by atoms with Crippen LogP contribution in [0.5, 0.6) is 5.75 Å².